The molecule has 0 spiro atoms. The summed E-state index contributed by atoms with van der Waals surface area (Å²) in [6, 6.07) is 0. The van der Waals surface area contributed by atoms with Crippen LogP contribution in [0.2, 0.25) is 0 Å². The highest BCUT2D eigenvalue weighted by molar-refractivity contribution is 7.99. The molecule has 0 aliphatic rings. The van der Waals surface area contributed by atoms with Gasteiger partial charge in [-0.25, -0.2) is 4.98 Å². The molecular weight excluding hydrogens is 288 g/mol. The van der Waals surface area contributed by atoms with Crippen molar-refractivity contribution in [2.24, 2.45) is 7.05 Å². The van der Waals surface area contributed by atoms with Gasteiger partial charge in [0.15, 0.2) is 10.8 Å². The summed E-state index contributed by atoms with van der Waals surface area (Å²) >= 11 is 1.27. The Morgan fingerprint density at radius 1 is 1.43 bits per heavy atom. The van der Waals surface area contributed by atoms with E-state index in [0.29, 0.717) is 0 Å². The number of thioether (sulfide) groups is 1. The maximum absolute atomic E-state index is 10.9. The van der Waals surface area contributed by atoms with Crippen LogP contribution >= 0.6 is 11.8 Å². The zero-order valence-corrected chi connectivity index (χ0v) is 14.0. The van der Waals surface area contributed by atoms with Crippen LogP contribution in [0.5, 0.6) is 0 Å². The van der Waals surface area contributed by atoms with E-state index in [1.807, 2.05) is 18.7 Å². The van der Waals surface area contributed by atoms with E-state index >= 15 is 0 Å². The molecule has 2 aromatic heterocycles. The number of imidazole rings is 1. The molecule has 0 aliphatic heterocycles. The van der Waals surface area contributed by atoms with Crippen LogP contribution in [0.1, 0.15) is 39.3 Å². The Kier molecular flexibility index (Phi) is 4.32. The first-order valence-electron chi connectivity index (χ1n) is 7.05. The SMILES string of the molecule is CCCC(C)(C)n1c(SCC(=O)O)nc2c(C)nn(C)c21. The van der Waals surface area contributed by atoms with Gasteiger partial charge in [-0.2, -0.15) is 5.10 Å². The highest BCUT2D eigenvalue weighted by Crippen LogP contribution is 2.34. The first-order chi connectivity index (χ1) is 9.77. The van der Waals surface area contributed by atoms with E-state index in [4.69, 9.17) is 5.11 Å². The fraction of sp³-hybridized carbons (Fsp3) is 0.643. The van der Waals surface area contributed by atoms with Gasteiger partial charge in [0.2, 0.25) is 0 Å². The van der Waals surface area contributed by atoms with E-state index in [1.54, 1.807) is 0 Å². The van der Waals surface area contributed by atoms with Crippen molar-refractivity contribution in [2.75, 3.05) is 5.75 Å². The topological polar surface area (TPSA) is 72.9 Å². The number of aryl methyl sites for hydroxylation is 2. The van der Waals surface area contributed by atoms with Crippen LogP contribution in [-0.4, -0.2) is 36.2 Å². The van der Waals surface area contributed by atoms with Crippen molar-refractivity contribution in [1.82, 2.24) is 19.3 Å². The zero-order chi connectivity index (χ0) is 15.8. The molecule has 6 nitrogen and oxygen atoms in total. The van der Waals surface area contributed by atoms with Gasteiger partial charge in [-0.3, -0.25) is 14.0 Å². The predicted octanol–water partition coefficient (Wildman–Crippen LogP) is 2.79. The van der Waals surface area contributed by atoms with Crippen molar-refractivity contribution >= 4 is 28.9 Å². The van der Waals surface area contributed by atoms with E-state index in [0.717, 1.165) is 34.9 Å². The second-order valence-corrected chi connectivity index (χ2v) is 6.80. The van der Waals surface area contributed by atoms with Gasteiger partial charge in [0.05, 0.1) is 11.4 Å². The first-order valence-corrected chi connectivity index (χ1v) is 8.03. The number of aromatic nitrogens is 4. The fourth-order valence-electron chi connectivity index (χ4n) is 2.74. The Morgan fingerprint density at radius 2 is 2.10 bits per heavy atom. The Morgan fingerprint density at radius 3 is 2.67 bits per heavy atom. The molecule has 0 saturated heterocycles. The molecule has 0 unspecified atom stereocenters. The Bertz CT molecular complexity index is 672. The number of carbonyl (C=O) groups is 1. The molecule has 0 amide bonds. The molecule has 2 aromatic rings. The molecule has 0 fully saturated rings. The van der Waals surface area contributed by atoms with Gasteiger partial charge in [-0.1, -0.05) is 25.1 Å². The lowest BCUT2D eigenvalue weighted by Gasteiger charge is -2.28. The Hall–Kier alpha value is -1.50. The Balaban J connectivity index is 2.61. The number of fused-ring (bicyclic) bond motifs is 1. The summed E-state index contributed by atoms with van der Waals surface area (Å²) < 4.78 is 3.97. The predicted molar refractivity (Wildman–Crippen MR) is 83.8 cm³/mol. The van der Waals surface area contributed by atoms with E-state index < -0.39 is 5.97 Å². The molecular formula is C14H22N4O2S. The normalized spacial score (nSPS) is 12.2. The molecule has 116 valence electrons. The maximum Gasteiger partial charge on any atom is 0.313 e. The van der Waals surface area contributed by atoms with Crippen molar-refractivity contribution in [2.45, 2.75) is 51.2 Å². The van der Waals surface area contributed by atoms with E-state index in [1.165, 1.54) is 11.8 Å². The number of rotatable bonds is 6. The molecule has 21 heavy (non-hydrogen) atoms. The number of carboxylic acids is 1. The van der Waals surface area contributed by atoms with Crippen molar-refractivity contribution < 1.29 is 9.90 Å². The highest BCUT2D eigenvalue weighted by Gasteiger charge is 2.28. The van der Waals surface area contributed by atoms with Crippen LogP contribution in [0.15, 0.2) is 5.16 Å². The number of carboxylic acid groups (broad SMARTS) is 1. The molecule has 0 radical (unpaired) electrons. The van der Waals surface area contributed by atoms with Crippen molar-refractivity contribution in [3.8, 4) is 0 Å². The van der Waals surface area contributed by atoms with Crippen LogP contribution in [0.4, 0.5) is 0 Å². The number of nitrogens with zero attached hydrogens (tertiary/aromatic N) is 4. The fourth-order valence-corrected chi connectivity index (χ4v) is 3.62. The highest BCUT2D eigenvalue weighted by atomic mass is 32.2. The van der Waals surface area contributed by atoms with Crippen molar-refractivity contribution in [3.63, 3.8) is 0 Å². The van der Waals surface area contributed by atoms with Crippen LogP contribution < -0.4 is 0 Å². The van der Waals surface area contributed by atoms with Crippen LogP contribution in [0.3, 0.4) is 0 Å². The third-order valence-electron chi connectivity index (χ3n) is 3.56. The summed E-state index contributed by atoms with van der Waals surface area (Å²) in [6.07, 6.45) is 2.04. The van der Waals surface area contributed by atoms with E-state index in [9.17, 15) is 4.79 Å². The third kappa shape index (κ3) is 2.92. The van der Waals surface area contributed by atoms with Crippen molar-refractivity contribution in [1.29, 1.82) is 0 Å². The lowest BCUT2D eigenvalue weighted by Crippen LogP contribution is -2.28. The van der Waals surface area contributed by atoms with Gasteiger partial charge in [-0.05, 0) is 27.2 Å². The molecule has 7 heteroatoms. The smallest absolute Gasteiger partial charge is 0.313 e. The molecule has 0 aromatic carbocycles. The summed E-state index contributed by atoms with van der Waals surface area (Å²) in [5, 5.41) is 14.1. The van der Waals surface area contributed by atoms with Gasteiger partial charge in [-0.15, -0.1) is 0 Å². The minimum atomic E-state index is -0.832. The molecule has 0 bridgehead atoms. The van der Waals surface area contributed by atoms with Gasteiger partial charge < -0.3 is 5.11 Å². The molecule has 0 aliphatic carbocycles. The van der Waals surface area contributed by atoms with Crippen LogP contribution in [0, 0.1) is 6.92 Å². The molecule has 2 heterocycles. The minimum Gasteiger partial charge on any atom is -0.481 e. The van der Waals surface area contributed by atoms with E-state index in [2.05, 4.69) is 35.4 Å². The standard InChI is InChI=1S/C14H22N4O2S/c1-6-7-14(3,4)18-12-11(9(2)16-17(12)5)15-13(18)21-8-10(19)20/h6-8H2,1-5H3,(H,19,20). The van der Waals surface area contributed by atoms with Gasteiger partial charge in [0.25, 0.3) is 0 Å². The summed E-state index contributed by atoms with van der Waals surface area (Å²) in [7, 11) is 1.90. The summed E-state index contributed by atoms with van der Waals surface area (Å²) in [6.45, 7) is 8.39. The minimum absolute atomic E-state index is 0.0119. The zero-order valence-electron chi connectivity index (χ0n) is 13.2. The molecule has 2 rings (SSSR count). The molecule has 1 N–H and O–H groups in total. The molecule has 0 saturated carbocycles. The largest absolute Gasteiger partial charge is 0.481 e. The lowest BCUT2D eigenvalue weighted by molar-refractivity contribution is -0.133. The van der Waals surface area contributed by atoms with Crippen LogP contribution in [0.25, 0.3) is 11.2 Å². The number of aliphatic carboxylic acids is 1. The monoisotopic (exact) mass is 310 g/mol. The second kappa shape index (κ2) is 5.71. The quantitative estimate of drug-likeness (QED) is 0.831. The average molecular weight is 310 g/mol. The van der Waals surface area contributed by atoms with E-state index in [-0.39, 0.29) is 11.3 Å². The summed E-state index contributed by atoms with van der Waals surface area (Å²) in [4.78, 5) is 15.5. The van der Waals surface area contributed by atoms with Crippen LogP contribution in [-0.2, 0) is 17.4 Å². The third-order valence-corrected chi connectivity index (χ3v) is 4.49. The number of hydrogen-bond donors (Lipinski definition) is 1. The van der Waals surface area contributed by atoms with Crippen molar-refractivity contribution in [3.05, 3.63) is 5.69 Å². The Labute approximate surface area is 128 Å². The lowest BCUT2D eigenvalue weighted by atomic mass is 9.99. The summed E-state index contributed by atoms with van der Waals surface area (Å²) in [5.74, 6) is -0.820. The summed E-state index contributed by atoms with van der Waals surface area (Å²) in [5.41, 5.74) is 2.55. The second-order valence-electron chi connectivity index (χ2n) is 5.86. The maximum atomic E-state index is 10.9. The molecule has 0 atom stereocenters. The first kappa shape index (κ1) is 15.9. The van der Waals surface area contributed by atoms with Gasteiger partial charge in [0.1, 0.15) is 5.52 Å². The average Bonchev–Trinajstić information content (AvgIpc) is 2.86. The number of hydrogen-bond acceptors (Lipinski definition) is 4. The van der Waals surface area contributed by atoms with Gasteiger partial charge in [0, 0.05) is 12.6 Å². The van der Waals surface area contributed by atoms with Gasteiger partial charge >= 0.3 is 5.97 Å².